The van der Waals surface area contributed by atoms with Crippen LogP contribution in [-0.2, 0) is 9.47 Å². The number of carbonyl (C=O) groups is 1. The topological polar surface area (TPSA) is 50.8 Å². The summed E-state index contributed by atoms with van der Waals surface area (Å²) in [5.74, 6) is 0. The van der Waals surface area contributed by atoms with Crippen LogP contribution in [0.5, 0.6) is 0 Å². The van der Waals surface area contributed by atoms with Gasteiger partial charge in [-0.25, -0.2) is 4.79 Å². The van der Waals surface area contributed by atoms with Gasteiger partial charge in [0.05, 0.1) is 0 Å². The summed E-state index contributed by atoms with van der Waals surface area (Å²) in [4.78, 5) is 13.8. The van der Waals surface area contributed by atoms with Crippen LogP contribution in [0, 0.1) is 5.41 Å². The van der Waals surface area contributed by atoms with Crippen LogP contribution in [0.2, 0.25) is 0 Å². The molecule has 0 spiro atoms. The molecule has 2 rings (SSSR count). The quantitative estimate of drug-likeness (QED) is 0.818. The van der Waals surface area contributed by atoms with Crippen LogP contribution in [0.4, 0.5) is 4.79 Å². The largest absolute Gasteiger partial charge is 0.444 e. The molecule has 0 bridgehead atoms. The summed E-state index contributed by atoms with van der Waals surface area (Å²) in [6, 6.07) is 0.400. The average molecular weight is 298 g/mol. The lowest BCUT2D eigenvalue weighted by molar-refractivity contribution is 0.0291. The molecule has 1 saturated carbocycles. The first kappa shape index (κ1) is 16.6. The Balaban J connectivity index is 1.69. The van der Waals surface area contributed by atoms with Gasteiger partial charge in [-0.05, 0) is 51.9 Å². The van der Waals surface area contributed by atoms with Crippen LogP contribution < -0.4 is 5.32 Å². The maximum absolute atomic E-state index is 12.0. The lowest BCUT2D eigenvalue weighted by Crippen LogP contribution is -2.40. The van der Waals surface area contributed by atoms with E-state index in [1.807, 2.05) is 25.7 Å². The molecule has 1 aliphatic carbocycles. The van der Waals surface area contributed by atoms with E-state index in [4.69, 9.17) is 9.47 Å². The van der Waals surface area contributed by atoms with Crippen molar-refractivity contribution in [3.05, 3.63) is 0 Å². The van der Waals surface area contributed by atoms with Crippen LogP contribution in [-0.4, -0.2) is 56.0 Å². The molecule has 1 amide bonds. The monoisotopic (exact) mass is 298 g/mol. The van der Waals surface area contributed by atoms with Crippen LogP contribution in [0.25, 0.3) is 0 Å². The van der Waals surface area contributed by atoms with E-state index in [-0.39, 0.29) is 6.09 Å². The molecule has 1 heterocycles. The number of hydrogen-bond donors (Lipinski definition) is 1. The van der Waals surface area contributed by atoms with E-state index < -0.39 is 5.60 Å². The molecule has 5 heteroatoms. The molecule has 21 heavy (non-hydrogen) atoms. The van der Waals surface area contributed by atoms with Gasteiger partial charge in [-0.15, -0.1) is 0 Å². The second kappa shape index (κ2) is 6.53. The fourth-order valence-corrected chi connectivity index (χ4v) is 2.79. The van der Waals surface area contributed by atoms with Gasteiger partial charge in [0, 0.05) is 39.4 Å². The minimum Gasteiger partial charge on any atom is -0.444 e. The highest BCUT2D eigenvalue weighted by molar-refractivity contribution is 5.68. The van der Waals surface area contributed by atoms with Crippen molar-refractivity contribution >= 4 is 6.09 Å². The third-order valence-corrected chi connectivity index (χ3v) is 4.40. The van der Waals surface area contributed by atoms with E-state index in [1.54, 1.807) is 7.11 Å². The fourth-order valence-electron chi connectivity index (χ4n) is 2.79. The molecule has 5 nitrogen and oxygen atoms in total. The molecule has 1 saturated heterocycles. The van der Waals surface area contributed by atoms with Gasteiger partial charge >= 0.3 is 6.09 Å². The van der Waals surface area contributed by atoms with Gasteiger partial charge < -0.3 is 19.7 Å². The molecule has 1 N–H and O–H groups in total. The second-order valence-corrected chi connectivity index (χ2v) is 7.54. The van der Waals surface area contributed by atoms with Crippen LogP contribution >= 0.6 is 0 Å². The van der Waals surface area contributed by atoms with Crippen molar-refractivity contribution in [3.8, 4) is 0 Å². The second-order valence-electron chi connectivity index (χ2n) is 7.54. The first-order valence-corrected chi connectivity index (χ1v) is 8.04. The van der Waals surface area contributed by atoms with E-state index in [1.165, 1.54) is 12.8 Å². The van der Waals surface area contributed by atoms with Crippen molar-refractivity contribution in [1.29, 1.82) is 0 Å². The highest BCUT2D eigenvalue weighted by Gasteiger charge is 2.42. The van der Waals surface area contributed by atoms with Gasteiger partial charge in [-0.3, -0.25) is 0 Å². The summed E-state index contributed by atoms with van der Waals surface area (Å²) < 4.78 is 10.6. The average Bonchev–Trinajstić information content (AvgIpc) is 2.99. The molecule has 0 radical (unpaired) electrons. The summed E-state index contributed by atoms with van der Waals surface area (Å²) >= 11 is 0. The summed E-state index contributed by atoms with van der Waals surface area (Å²) in [6.07, 6.45) is 4.56. The zero-order valence-electron chi connectivity index (χ0n) is 13.9. The van der Waals surface area contributed by atoms with Crippen LogP contribution in [0.3, 0.4) is 0 Å². The van der Waals surface area contributed by atoms with Gasteiger partial charge in [0.1, 0.15) is 5.60 Å². The molecule has 0 aromatic rings. The molecule has 0 aromatic heterocycles. The number of rotatable bonds is 6. The van der Waals surface area contributed by atoms with Gasteiger partial charge in [-0.1, -0.05) is 0 Å². The van der Waals surface area contributed by atoms with E-state index in [0.717, 1.165) is 39.1 Å². The molecule has 1 aliphatic heterocycles. The number of nitrogens with one attached hydrogen (secondary N) is 1. The molecule has 0 aromatic carbocycles. The molecular formula is C16H30N2O3. The van der Waals surface area contributed by atoms with Crippen molar-refractivity contribution in [2.75, 3.05) is 33.4 Å². The normalized spacial score (nSPS) is 24.2. The predicted molar refractivity (Wildman–Crippen MR) is 82.4 cm³/mol. The Kier molecular flexibility index (Phi) is 5.15. The first-order valence-electron chi connectivity index (χ1n) is 8.04. The summed E-state index contributed by atoms with van der Waals surface area (Å²) in [5, 5.41) is 3.64. The van der Waals surface area contributed by atoms with Crippen molar-refractivity contribution in [2.45, 2.75) is 58.1 Å². The molecule has 2 aliphatic rings. The highest BCUT2D eigenvalue weighted by atomic mass is 16.6. The number of carbonyl (C=O) groups excluding carboxylic acids is 1. The lowest BCUT2D eigenvalue weighted by Gasteiger charge is -2.24. The van der Waals surface area contributed by atoms with Gasteiger partial charge in [0.15, 0.2) is 0 Å². The number of ether oxygens (including phenoxy) is 2. The Bertz CT molecular complexity index is 361. The number of nitrogens with zero attached hydrogens (tertiary/aromatic N) is 1. The van der Waals surface area contributed by atoms with E-state index in [9.17, 15) is 4.79 Å². The van der Waals surface area contributed by atoms with Gasteiger partial charge in [0.25, 0.3) is 0 Å². The third-order valence-electron chi connectivity index (χ3n) is 4.40. The van der Waals surface area contributed by atoms with Gasteiger partial charge in [0.2, 0.25) is 0 Å². The van der Waals surface area contributed by atoms with Crippen molar-refractivity contribution in [2.24, 2.45) is 5.41 Å². The molecule has 1 unspecified atom stereocenters. The zero-order valence-corrected chi connectivity index (χ0v) is 13.9. The number of likely N-dealkylation sites (tertiary alicyclic amines) is 1. The Morgan fingerprint density at radius 3 is 2.67 bits per heavy atom. The van der Waals surface area contributed by atoms with E-state index in [0.29, 0.717) is 11.5 Å². The van der Waals surface area contributed by atoms with E-state index in [2.05, 4.69) is 5.32 Å². The summed E-state index contributed by atoms with van der Waals surface area (Å²) in [5.41, 5.74) is 0.0379. The maximum atomic E-state index is 12.0. The minimum absolute atomic E-state index is 0.188. The molecule has 1 atom stereocenters. The minimum atomic E-state index is -0.416. The highest BCUT2D eigenvalue weighted by Crippen LogP contribution is 2.48. The Morgan fingerprint density at radius 1 is 1.38 bits per heavy atom. The predicted octanol–water partition coefficient (Wildman–Crippen LogP) is 2.40. The maximum Gasteiger partial charge on any atom is 0.410 e. The Labute approximate surface area is 128 Å². The molecular weight excluding hydrogens is 268 g/mol. The molecule has 2 fully saturated rings. The fraction of sp³-hybridized carbons (Fsp3) is 0.938. The Hall–Kier alpha value is -0.810. The smallest absolute Gasteiger partial charge is 0.410 e. The van der Waals surface area contributed by atoms with Crippen molar-refractivity contribution < 1.29 is 14.3 Å². The van der Waals surface area contributed by atoms with Crippen molar-refractivity contribution in [3.63, 3.8) is 0 Å². The van der Waals surface area contributed by atoms with Crippen molar-refractivity contribution in [1.82, 2.24) is 10.2 Å². The number of methoxy groups -OCH3 is 1. The SMILES string of the molecule is COCCC1(CNC2CCN(C(=O)OC(C)(C)C)C2)CC1. The summed E-state index contributed by atoms with van der Waals surface area (Å²) in [6.45, 7) is 9.16. The first-order chi connectivity index (χ1) is 9.84. The zero-order chi connectivity index (χ0) is 15.5. The Morgan fingerprint density at radius 2 is 2.10 bits per heavy atom. The third kappa shape index (κ3) is 5.15. The van der Waals surface area contributed by atoms with Gasteiger partial charge in [-0.2, -0.15) is 0 Å². The van der Waals surface area contributed by atoms with Crippen LogP contribution in [0.15, 0.2) is 0 Å². The number of hydrogen-bond acceptors (Lipinski definition) is 4. The lowest BCUT2D eigenvalue weighted by atomic mass is 10.0. The van der Waals surface area contributed by atoms with Crippen LogP contribution in [0.1, 0.15) is 46.5 Å². The standard InChI is InChI=1S/C16H30N2O3/c1-15(2,3)21-14(19)18-9-5-13(11-18)17-12-16(6-7-16)8-10-20-4/h13,17H,5-12H2,1-4H3. The number of amides is 1. The summed E-state index contributed by atoms with van der Waals surface area (Å²) in [7, 11) is 1.76. The van der Waals surface area contributed by atoms with E-state index >= 15 is 0 Å². The molecule has 122 valence electrons.